The van der Waals surface area contributed by atoms with Gasteiger partial charge in [0.15, 0.2) is 0 Å². The van der Waals surface area contributed by atoms with Crippen molar-refractivity contribution in [3.8, 4) is 5.75 Å². The molecule has 4 rings (SSSR count). The molecule has 2 aromatic carbocycles. The van der Waals surface area contributed by atoms with Crippen LogP contribution in [0.3, 0.4) is 0 Å². The lowest BCUT2D eigenvalue weighted by Crippen LogP contribution is -2.29. The van der Waals surface area contributed by atoms with E-state index in [0.717, 1.165) is 0 Å². The highest BCUT2D eigenvalue weighted by Gasteiger charge is 2.46. The van der Waals surface area contributed by atoms with E-state index < -0.39 is 23.5 Å². The zero-order chi connectivity index (χ0) is 23.5. The van der Waals surface area contributed by atoms with Crippen LogP contribution in [-0.4, -0.2) is 33.3 Å². The minimum absolute atomic E-state index is 0.0846. The van der Waals surface area contributed by atoms with E-state index >= 15 is 0 Å². The second-order valence-electron chi connectivity index (χ2n) is 7.42. The Kier molecular flexibility index (Phi) is 6.42. The predicted molar refractivity (Wildman–Crippen MR) is 121 cm³/mol. The molecule has 0 aliphatic carbocycles. The highest BCUT2D eigenvalue weighted by molar-refractivity contribution is 6.46. The van der Waals surface area contributed by atoms with E-state index in [0.29, 0.717) is 23.5 Å². The molecule has 6 nitrogen and oxygen atoms in total. The van der Waals surface area contributed by atoms with E-state index in [1.807, 2.05) is 6.92 Å². The summed E-state index contributed by atoms with van der Waals surface area (Å²) in [5, 5.41) is 11.4. The highest BCUT2D eigenvalue weighted by atomic mass is 35.5. The van der Waals surface area contributed by atoms with Crippen molar-refractivity contribution in [3.63, 3.8) is 0 Å². The van der Waals surface area contributed by atoms with Gasteiger partial charge in [-0.2, -0.15) is 0 Å². The van der Waals surface area contributed by atoms with Crippen LogP contribution in [0.15, 0.2) is 72.6 Å². The standard InChI is InChI=1S/C25H20ClFN2O4/c1-2-33-20-10-7-17(12-19(20)26)23(30)21-22(16-5-8-18(27)9-6-16)29(25(32)24(21)31)14-15-4-3-11-28-13-15/h3-13,22,30H,2,14H2,1H3/t22-/m1/s1. The first kappa shape index (κ1) is 22.5. The van der Waals surface area contributed by atoms with E-state index in [-0.39, 0.29) is 28.5 Å². The topological polar surface area (TPSA) is 79.7 Å². The summed E-state index contributed by atoms with van der Waals surface area (Å²) in [5.74, 6) is -2.01. The molecule has 0 radical (unpaired) electrons. The Bertz CT molecular complexity index is 1230. The number of rotatable bonds is 6. The molecule has 2 heterocycles. The minimum atomic E-state index is -0.920. The lowest BCUT2D eigenvalue weighted by Gasteiger charge is -2.25. The lowest BCUT2D eigenvalue weighted by molar-refractivity contribution is -0.140. The maximum atomic E-state index is 13.6. The number of nitrogens with zero attached hydrogens (tertiary/aromatic N) is 2. The predicted octanol–water partition coefficient (Wildman–Crippen LogP) is 4.89. The maximum absolute atomic E-state index is 13.6. The number of carbonyl (C=O) groups is 2. The minimum Gasteiger partial charge on any atom is -0.507 e. The number of hydrogen-bond donors (Lipinski definition) is 1. The van der Waals surface area contributed by atoms with Crippen LogP contribution >= 0.6 is 11.6 Å². The van der Waals surface area contributed by atoms with Crippen molar-refractivity contribution in [2.24, 2.45) is 0 Å². The molecule has 33 heavy (non-hydrogen) atoms. The van der Waals surface area contributed by atoms with Gasteiger partial charge in [0.2, 0.25) is 0 Å². The third kappa shape index (κ3) is 4.45. The van der Waals surface area contributed by atoms with Gasteiger partial charge in [0.1, 0.15) is 17.3 Å². The summed E-state index contributed by atoms with van der Waals surface area (Å²) in [6, 6.07) is 12.7. The highest BCUT2D eigenvalue weighted by Crippen LogP contribution is 2.41. The molecular weight excluding hydrogens is 447 g/mol. The van der Waals surface area contributed by atoms with Crippen molar-refractivity contribution < 1.29 is 23.8 Å². The first-order valence-electron chi connectivity index (χ1n) is 10.3. The zero-order valence-electron chi connectivity index (χ0n) is 17.7. The Balaban J connectivity index is 1.84. The summed E-state index contributed by atoms with van der Waals surface area (Å²) >= 11 is 6.26. The molecule has 1 atom stereocenters. The van der Waals surface area contributed by atoms with E-state index in [4.69, 9.17) is 16.3 Å². The molecule has 3 aromatic rings. The number of Topliss-reactive ketones (excluding diaryl/α,β-unsaturated/α-hetero) is 1. The molecule has 0 bridgehead atoms. The zero-order valence-corrected chi connectivity index (χ0v) is 18.4. The number of benzene rings is 2. The number of amides is 1. The van der Waals surface area contributed by atoms with Crippen LogP contribution in [0.5, 0.6) is 5.75 Å². The van der Waals surface area contributed by atoms with Crippen molar-refractivity contribution in [1.29, 1.82) is 0 Å². The summed E-state index contributed by atoms with van der Waals surface area (Å²) in [6.07, 6.45) is 3.19. The third-order valence-electron chi connectivity index (χ3n) is 5.31. The summed E-state index contributed by atoms with van der Waals surface area (Å²) in [6.45, 7) is 2.31. The fourth-order valence-corrected chi connectivity index (χ4v) is 4.03. The molecule has 8 heteroatoms. The Morgan fingerprint density at radius 1 is 1.18 bits per heavy atom. The maximum Gasteiger partial charge on any atom is 0.295 e. The summed E-state index contributed by atoms with van der Waals surface area (Å²) in [7, 11) is 0. The van der Waals surface area contributed by atoms with Crippen molar-refractivity contribution in [3.05, 3.63) is 100 Å². The fraction of sp³-hybridized carbons (Fsp3) is 0.160. The number of ether oxygens (including phenoxy) is 1. The van der Waals surface area contributed by atoms with Gasteiger partial charge in [0.25, 0.3) is 11.7 Å². The molecule has 0 spiro atoms. The molecule has 1 saturated heterocycles. The van der Waals surface area contributed by atoms with Gasteiger partial charge in [-0.1, -0.05) is 29.8 Å². The van der Waals surface area contributed by atoms with Gasteiger partial charge < -0.3 is 14.7 Å². The van der Waals surface area contributed by atoms with Gasteiger partial charge in [-0.15, -0.1) is 0 Å². The van der Waals surface area contributed by atoms with Crippen LogP contribution < -0.4 is 4.74 Å². The summed E-state index contributed by atoms with van der Waals surface area (Å²) in [5.41, 5.74) is 1.35. The van der Waals surface area contributed by atoms with Gasteiger partial charge in [-0.05, 0) is 54.4 Å². The number of aliphatic hydroxyl groups is 1. The quantitative estimate of drug-likeness (QED) is 0.318. The van der Waals surface area contributed by atoms with E-state index in [1.54, 1.807) is 36.7 Å². The molecule has 0 saturated carbocycles. The number of aliphatic hydroxyl groups excluding tert-OH is 1. The Morgan fingerprint density at radius 3 is 2.58 bits per heavy atom. The normalized spacial score (nSPS) is 17.4. The smallest absolute Gasteiger partial charge is 0.295 e. The van der Waals surface area contributed by atoms with Gasteiger partial charge in [-0.3, -0.25) is 14.6 Å². The molecule has 1 fully saturated rings. The Morgan fingerprint density at radius 2 is 1.94 bits per heavy atom. The van der Waals surface area contributed by atoms with Crippen LogP contribution in [0, 0.1) is 5.82 Å². The summed E-state index contributed by atoms with van der Waals surface area (Å²) in [4.78, 5) is 31.5. The van der Waals surface area contributed by atoms with Gasteiger partial charge in [0.05, 0.1) is 23.2 Å². The first-order valence-corrected chi connectivity index (χ1v) is 10.6. The molecule has 168 valence electrons. The molecule has 0 unspecified atom stereocenters. The molecule has 1 aliphatic rings. The molecule has 1 N–H and O–H groups in total. The number of hydrogen-bond acceptors (Lipinski definition) is 5. The van der Waals surface area contributed by atoms with Gasteiger partial charge in [0, 0.05) is 24.5 Å². The number of pyridine rings is 1. The van der Waals surface area contributed by atoms with Gasteiger partial charge in [-0.25, -0.2) is 4.39 Å². The number of likely N-dealkylation sites (tertiary alicyclic amines) is 1. The Hall–Kier alpha value is -3.71. The monoisotopic (exact) mass is 466 g/mol. The van der Waals surface area contributed by atoms with E-state index in [2.05, 4.69) is 4.98 Å². The number of halogens is 2. The van der Waals surface area contributed by atoms with E-state index in [1.165, 1.54) is 35.2 Å². The third-order valence-corrected chi connectivity index (χ3v) is 5.60. The van der Waals surface area contributed by atoms with Crippen molar-refractivity contribution in [2.45, 2.75) is 19.5 Å². The van der Waals surface area contributed by atoms with E-state index in [9.17, 15) is 19.1 Å². The van der Waals surface area contributed by atoms with Crippen molar-refractivity contribution in [1.82, 2.24) is 9.88 Å². The molecular formula is C25H20ClFN2O4. The first-order chi connectivity index (χ1) is 15.9. The van der Waals surface area contributed by atoms with Crippen LogP contribution in [0.2, 0.25) is 5.02 Å². The lowest BCUT2D eigenvalue weighted by atomic mass is 9.95. The average molecular weight is 467 g/mol. The van der Waals surface area contributed by atoms with Crippen LogP contribution in [0.4, 0.5) is 4.39 Å². The number of carbonyl (C=O) groups excluding carboxylic acids is 2. The van der Waals surface area contributed by atoms with Crippen molar-refractivity contribution in [2.75, 3.05) is 6.61 Å². The van der Waals surface area contributed by atoms with Crippen molar-refractivity contribution >= 4 is 29.1 Å². The van der Waals surface area contributed by atoms with Crippen LogP contribution in [0.1, 0.15) is 29.7 Å². The van der Waals surface area contributed by atoms with Crippen LogP contribution in [0.25, 0.3) is 5.76 Å². The second kappa shape index (κ2) is 9.42. The van der Waals surface area contributed by atoms with Crippen LogP contribution in [-0.2, 0) is 16.1 Å². The number of aromatic nitrogens is 1. The molecule has 1 aliphatic heterocycles. The van der Waals surface area contributed by atoms with Gasteiger partial charge >= 0.3 is 0 Å². The molecule has 1 aromatic heterocycles. The number of ketones is 1. The second-order valence-corrected chi connectivity index (χ2v) is 7.83. The fourth-order valence-electron chi connectivity index (χ4n) is 3.80. The average Bonchev–Trinajstić information content (AvgIpc) is 3.06. The largest absolute Gasteiger partial charge is 0.507 e. The Labute approximate surface area is 194 Å². The summed E-state index contributed by atoms with van der Waals surface area (Å²) < 4.78 is 19.0. The molecule has 1 amide bonds. The SMILES string of the molecule is CCOc1ccc(C(O)=C2C(=O)C(=O)N(Cc3cccnc3)[C@@H]2c2ccc(F)cc2)cc1Cl.